The lowest BCUT2D eigenvalue weighted by atomic mass is 9.44. The van der Waals surface area contributed by atoms with E-state index in [1.807, 2.05) is 0 Å². The summed E-state index contributed by atoms with van der Waals surface area (Å²) in [6.45, 7) is 6.36. The third-order valence-electron chi connectivity index (χ3n) is 8.90. The molecule has 4 saturated carbocycles. The Morgan fingerprint density at radius 3 is 2.58 bits per heavy atom. The van der Waals surface area contributed by atoms with Gasteiger partial charge >= 0.3 is 0 Å². The Labute approximate surface area is 145 Å². The van der Waals surface area contributed by atoms with Gasteiger partial charge < -0.3 is 5.11 Å². The summed E-state index contributed by atoms with van der Waals surface area (Å²) >= 11 is 0. The summed E-state index contributed by atoms with van der Waals surface area (Å²) in [6, 6.07) is 0. The van der Waals surface area contributed by atoms with Crippen LogP contribution in [-0.2, 0) is 9.59 Å². The number of Topliss-reactive ketones (excluding diaryl/α,β-unsaturated/α-hetero) is 2. The van der Waals surface area contributed by atoms with Crippen molar-refractivity contribution in [2.24, 2.45) is 40.4 Å². The van der Waals surface area contributed by atoms with Gasteiger partial charge in [-0.15, -0.1) is 0 Å². The lowest BCUT2D eigenvalue weighted by Gasteiger charge is -2.61. The summed E-state index contributed by atoms with van der Waals surface area (Å²) in [5, 5.41) is 11.2. The Bertz CT molecular complexity index is 569. The molecular weight excluding hydrogens is 300 g/mol. The molecule has 4 rings (SSSR count). The van der Waals surface area contributed by atoms with E-state index in [1.165, 1.54) is 0 Å². The normalized spacial score (nSPS) is 53.9. The number of aliphatic hydroxyl groups excluding tert-OH is 1. The smallest absolute Gasteiger partial charge is 0.133 e. The van der Waals surface area contributed by atoms with Crippen molar-refractivity contribution in [1.82, 2.24) is 0 Å². The summed E-state index contributed by atoms with van der Waals surface area (Å²) in [5.74, 6) is 2.78. The fourth-order valence-electron chi connectivity index (χ4n) is 7.84. The molecular formula is C21H32O3. The van der Waals surface area contributed by atoms with Gasteiger partial charge in [-0.3, -0.25) is 9.59 Å². The van der Waals surface area contributed by atoms with Crippen LogP contribution in [-0.4, -0.2) is 22.8 Å². The minimum atomic E-state index is -0.308. The number of rotatable bonds is 1. The molecule has 0 saturated heterocycles. The van der Waals surface area contributed by atoms with Gasteiger partial charge in [0.05, 0.1) is 6.10 Å². The molecule has 134 valence electrons. The minimum absolute atomic E-state index is 0.0138. The third-order valence-corrected chi connectivity index (χ3v) is 8.90. The topological polar surface area (TPSA) is 54.4 Å². The van der Waals surface area contributed by atoms with Gasteiger partial charge in [0.25, 0.3) is 0 Å². The number of aliphatic hydroxyl groups is 1. The first kappa shape index (κ1) is 16.8. The summed E-state index contributed by atoms with van der Waals surface area (Å²) < 4.78 is 0. The summed E-state index contributed by atoms with van der Waals surface area (Å²) in [7, 11) is 0. The van der Waals surface area contributed by atoms with Crippen molar-refractivity contribution < 1.29 is 14.7 Å². The standard InChI is InChI=1S/C21H32O3/c1-12(22)16-6-7-17-15-5-4-13-10-14(23)8-9-20(13,2)19(15)18(24)11-21(16,17)3/h13,15-19,24H,4-11H2,1-3H3/t13-,15-,16-,17+,18+,19-,20-,21+/m0/s1. The highest BCUT2D eigenvalue weighted by Gasteiger charge is 2.63. The van der Waals surface area contributed by atoms with E-state index in [0.29, 0.717) is 41.7 Å². The lowest BCUT2D eigenvalue weighted by molar-refractivity contribution is -0.173. The van der Waals surface area contributed by atoms with Crippen LogP contribution in [0.2, 0.25) is 0 Å². The van der Waals surface area contributed by atoms with Crippen LogP contribution in [0, 0.1) is 40.4 Å². The fourth-order valence-corrected chi connectivity index (χ4v) is 7.84. The predicted molar refractivity (Wildman–Crippen MR) is 92.3 cm³/mol. The maximum absolute atomic E-state index is 12.2. The molecule has 0 aromatic rings. The summed E-state index contributed by atoms with van der Waals surface area (Å²) in [5.41, 5.74) is 0.103. The second-order valence-electron chi connectivity index (χ2n) is 9.84. The lowest BCUT2D eigenvalue weighted by Crippen LogP contribution is -2.59. The summed E-state index contributed by atoms with van der Waals surface area (Å²) in [6.07, 6.45) is 7.27. The highest BCUT2D eigenvalue weighted by molar-refractivity contribution is 5.80. The zero-order chi connectivity index (χ0) is 17.3. The van der Waals surface area contributed by atoms with Gasteiger partial charge in [-0.1, -0.05) is 13.8 Å². The molecule has 4 aliphatic rings. The quantitative estimate of drug-likeness (QED) is 0.795. The zero-order valence-electron chi connectivity index (χ0n) is 15.4. The molecule has 0 aromatic heterocycles. The van der Waals surface area contributed by atoms with Gasteiger partial charge in [-0.05, 0) is 80.0 Å². The highest BCUT2D eigenvalue weighted by Crippen LogP contribution is 2.67. The molecule has 1 N–H and O–H groups in total. The number of carbonyl (C=O) groups is 2. The van der Waals surface area contributed by atoms with Crippen molar-refractivity contribution in [3.05, 3.63) is 0 Å². The van der Waals surface area contributed by atoms with Crippen LogP contribution in [0.25, 0.3) is 0 Å². The van der Waals surface area contributed by atoms with Crippen LogP contribution in [0.5, 0.6) is 0 Å². The van der Waals surface area contributed by atoms with Gasteiger partial charge in [0.1, 0.15) is 11.6 Å². The maximum Gasteiger partial charge on any atom is 0.133 e. The zero-order valence-corrected chi connectivity index (χ0v) is 15.4. The number of carbonyl (C=O) groups excluding carboxylic acids is 2. The Morgan fingerprint density at radius 1 is 1.12 bits per heavy atom. The Kier molecular flexibility index (Phi) is 3.77. The molecule has 0 heterocycles. The first-order valence-corrected chi connectivity index (χ1v) is 9.97. The average Bonchev–Trinajstić information content (AvgIpc) is 2.84. The van der Waals surface area contributed by atoms with Crippen LogP contribution < -0.4 is 0 Å². The molecule has 0 spiro atoms. The second kappa shape index (κ2) is 5.40. The van der Waals surface area contributed by atoms with Gasteiger partial charge in [-0.2, -0.15) is 0 Å². The maximum atomic E-state index is 12.2. The van der Waals surface area contributed by atoms with E-state index < -0.39 is 0 Å². The van der Waals surface area contributed by atoms with E-state index in [2.05, 4.69) is 13.8 Å². The van der Waals surface area contributed by atoms with E-state index in [4.69, 9.17) is 0 Å². The fraction of sp³-hybridized carbons (Fsp3) is 0.905. The van der Waals surface area contributed by atoms with Crippen LogP contribution in [0.15, 0.2) is 0 Å². The molecule has 0 amide bonds. The number of fused-ring (bicyclic) bond motifs is 5. The van der Waals surface area contributed by atoms with Crippen molar-refractivity contribution in [3.63, 3.8) is 0 Å². The van der Waals surface area contributed by atoms with Crippen LogP contribution >= 0.6 is 0 Å². The summed E-state index contributed by atoms with van der Waals surface area (Å²) in [4.78, 5) is 24.1. The first-order valence-electron chi connectivity index (χ1n) is 9.97. The molecule has 3 heteroatoms. The number of hydrogen-bond acceptors (Lipinski definition) is 3. The molecule has 0 radical (unpaired) electrons. The van der Waals surface area contributed by atoms with Gasteiger partial charge in [0.2, 0.25) is 0 Å². The Balaban J connectivity index is 1.68. The number of hydrogen-bond donors (Lipinski definition) is 1. The molecule has 0 bridgehead atoms. The van der Waals surface area contributed by atoms with E-state index in [1.54, 1.807) is 6.92 Å². The monoisotopic (exact) mass is 332 g/mol. The second-order valence-corrected chi connectivity index (χ2v) is 9.84. The largest absolute Gasteiger partial charge is 0.393 e. The van der Waals surface area contributed by atoms with Crippen molar-refractivity contribution >= 4 is 11.6 Å². The average molecular weight is 332 g/mol. The molecule has 0 aliphatic heterocycles. The third kappa shape index (κ3) is 2.12. The van der Waals surface area contributed by atoms with Gasteiger partial charge in [0.15, 0.2) is 0 Å². The Morgan fingerprint density at radius 2 is 1.88 bits per heavy atom. The van der Waals surface area contributed by atoms with Crippen LogP contribution in [0.1, 0.15) is 72.1 Å². The minimum Gasteiger partial charge on any atom is -0.393 e. The van der Waals surface area contributed by atoms with Gasteiger partial charge in [-0.25, -0.2) is 0 Å². The molecule has 3 nitrogen and oxygen atoms in total. The first-order chi connectivity index (χ1) is 11.3. The molecule has 24 heavy (non-hydrogen) atoms. The highest BCUT2D eigenvalue weighted by atomic mass is 16.3. The van der Waals surface area contributed by atoms with Crippen LogP contribution in [0.4, 0.5) is 0 Å². The van der Waals surface area contributed by atoms with E-state index >= 15 is 0 Å². The Hall–Kier alpha value is -0.700. The number of ketones is 2. The van der Waals surface area contributed by atoms with E-state index in [-0.39, 0.29) is 22.9 Å². The van der Waals surface area contributed by atoms with Crippen molar-refractivity contribution in [3.8, 4) is 0 Å². The molecule has 0 aromatic carbocycles. The molecule has 4 fully saturated rings. The van der Waals surface area contributed by atoms with Crippen molar-refractivity contribution in [2.75, 3.05) is 0 Å². The SMILES string of the molecule is CC(=O)[C@@H]1CC[C@@H]2[C@@H]3CC[C@H]4CC(=O)CC[C@]4(C)[C@@H]3[C@H](O)C[C@@]21C. The predicted octanol–water partition coefficient (Wildman–Crippen LogP) is 3.77. The van der Waals surface area contributed by atoms with E-state index in [9.17, 15) is 14.7 Å². The molecule has 0 unspecified atom stereocenters. The molecule has 8 atom stereocenters. The van der Waals surface area contributed by atoms with Crippen LogP contribution in [0.3, 0.4) is 0 Å². The molecule has 4 aliphatic carbocycles. The van der Waals surface area contributed by atoms with Gasteiger partial charge in [0, 0.05) is 18.8 Å². The van der Waals surface area contributed by atoms with Crippen molar-refractivity contribution in [1.29, 1.82) is 0 Å². The van der Waals surface area contributed by atoms with E-state index in [0.717, 1.165) is 44.9 Å². The van der Waals surface area contributed by atoms with Crippen molar-refractivity contribution in [2.45, 2.75) is 78.2 Å².